The van der Waals surface area contributed by atoms with Gasteiger partial charge in [-0.3, -0.25) is 14.5 Å². The van der Waals surface area contributed by atoms with Crippen molar-refractivity contribution in [1.29, 1.82) is 0 Å². The second kappa shape index (κ2) is 4.78. The number of esters is 1. The summed E-state index contributed by atoms with van der Waals surface area (Å²) < 4.78 is 5.29. The molecule has 1 saturated carbocycles. The number of nitrogens with zero attached hydrogens (tertiary/aromatic N) is 1. The molecule has 2 rings (SSSR count). The van der Waals surface area contributed by atoms with Crippen LogP contribution < -0.4 is 0 Å². The van der Waals surface area contributed by atoms with Gasteiger partial charge in [0.2, 0.25) is 0 Å². The van der Waals surface area contributed by atoms with E-state index in [2.05, 4.69) is 4.90 Å². The number of rotatable bonds is 3. The quantitative estimate of drug-likeness (QED) is 0.787. The maximum Gasteiger partial charge on any atom is 0.320 e. The molecule has 19 heavy (non-hydrogen) atoms. The highest BCUT2D eigenvalue weighted by Crippen LogP contribution is 2.59. The summed E-state index contributed by atoms with van der Waals surface area (Å²) in [6, 6.07) is 0. The molecule has 2 aliphatic rings. The molecule has 1 saturated heterocycles. The van der Waals surface area contributed by atoms with E-state index in [4.69, 9.17) is 9.84 Å². The van der Waals surface area contributed by atoms with Crippen LogP contribution in [0.4, 0.5) is 0 Å². The van der Waals surface area contributed by atoms with Gasteiger partial charge in [-0.05, 0) is 58.5 Å². The molecule has 0 aromatic heterocycles. The molecule has 0 bridgehead atoms. The van der Waals surface area contributed by atoms with Crippen LogP contribution in [0.2, 0.25) is 0 Å². The lowest BCUT2D eigenvalue weighted by Gasteiger charge is -2.32. The molecule has 0 radical (unpaired) electrons. The average molecular weight is 269 g/mol. The third-order valence-electron chi connectivity index (χ3n) is 4.11. The maximum absolute atomic E-state index is 11.7. The number of piperidine rings is 1. The van der Waals surface area contributed by atoms with Crippen LogP contribution in [-0.4, -0.2) is 47.2 Å². The second-order valence-corrected chi connectivity index (χ2v) is 6.82. The highest BCUT2D eigenvalue weighted by Gasteiger charge is 2.58. The molecule has 1 N–H and O–H groups in total. The lowest BCUT2D eigenvalue weighted by Crippen LogP contribution is -2.40. The van der Waals surface area contributed by atoms with E-state index < -0.39 is 11.6 Å². The molecule has 0 unspecified atom stereocenters. The number of carbonyl (C=O) groups is 2. The lowest BCUT2D eigenvalue weighted by molar-refractivity contribution is -0.156. The fraction of sp³-hybridized carbons (Fsp3) is 0.857. The molecule has 1 atom stereocenters. The predicted octanol–water partition coefficient (Wildman–Crippen LogP) is 1.51. The summed E-state index contributed by atoms with van der Waals surface area (Å²) >= 11 is 0. The Hall–Kier alpha value is -1.10. The fourth-order valence-electron chi connectivity index (χ4n) is 2.96. The van der Waals surface area contributed by atoms with Crippen LogP contribution in [0.1, 0.15) is 40.0 Å². The Morgan fingerprint density at radius 3 is 2.32 bits per heavy atom. The van der Waals surface area contributed by atoms with E-state index in [-0.39, 0.29) is 17.3 Å². The minimum absolute atomic E-state index is 0.0241. The van der Waals surface area contributed by atoms with Crippen LogP contribution in [0.3, 0.4) is 0 Å². The second-order valence-electron chi connectivity index (χ2n) is 6.82. The van der Waals surface area contributed by atoms with Crippen LogP contribution in [-0.2, 0) is 14.3 Å². The van der Waals surface area contributed by atoms with Crippen molar-refractivity contribution in [2.75, 3.05) is 19.6 Å². The Bertz CT molecular complexity index is 377. The Balaban J connectivity index is 1.76. The van der Waals surface area contributed by atoms with Crippen molar-refractivity contribution in [3.8, 4) is 0 Å². The summed E-state index contributed by atoms with van der Waals surface area (Å²) in [5.74, 6) is -1.02. The van der Waals surface area contributed by atoms with Gasteiger partial charge in [-0.1, -0.05) is 0 Å². The Kier molecular flexibility index (Phi) is 3.60. The summed E-state index contributed by atoms with van der Waals surface area (Å²) in [4.78, 5) is 24.7. The normalized spacial score (nSPS) is 26.2. The molecule has 0 aromatic rings. The SMILES string of the molecule is CC(C)(C)OC(=O)CN1CCC2(CC1)C[C@@H]2C(=O)O. The summed E-state index contributed by atoms with van der Waals surface area (Å²) in [6.45, 7) is 7.48. The van der Waals surface area contributed by atoms with Gasteiger partial charge in [0.1, 0.15) is 5.60 Å². The first-order valence-electron chi connectivity index (χ1n) is 6.89. The number of likely N-dealkylation sites (tertiary alicyclic amines) is 1. The number of carboxylic acid groups (broad SMARTS) is 1. The third kappa shape index (κ3) is 3.47. The van der Waals surface area contributed by atoms with Crippen LogP contribution in [0, 0.1) is 11.3 Å². The van der Waals surface area contributed by atoms with E-state index >= 15 is 0 Å². The highest BCUT2D eigenvalue weighted by molar-refractivity contribution is 5.75. The molecule has 108 valence electrons. The number of aliphatic carboxylic acids is 1. The first kappa shape index (κ1) is 14.3. The van der Waals surface area contributed by atoms with Gasteiger partial charge < -0.3 is 9.84 Å². The van der Waals surface area contributed by atoms with Crippen LogP contribution in [0.15, 0.2) is 0 Å². The van der Waals surface area contributed by atoms with Gasteiger partial charge in [0.25, 0.3) is 0 Å². The Morgan fingerprint density at radius 1 is 1.32 bits per heavy atom. The zero-order valence-electron chi connectivity index (χ0n) is 11.9. The smallest absolute Gasteiger partial charge is 0.320 e. The van der Waals surface area contributed by atoms with Crippen molar-refractivity contribution in [3.63, 3.8) is 0 Å². The highest BCUT2D eigenvalue weighted by atomic mass is 16.6. The van der Waals surface area contributed by atoms with Crippen molar-refractivity contribution < 1.29 is 19.4 Å². The van der Waals surface area contributed by atoms with Gasteiger partial charge in [-0.2, -0.15) is 0 Å². The average Bonchev–Trinajstić information content (AvgIpc) is 2.94. The zero-order valence-corrected chi connectivity index (χ0v) is 11.9. The molecule has 2 fully saturated rings. The number of hydrogen-bond acceptors (Lipinski definition) is 4. The van der Waals surface area contributed by atoms with E-state index in [9.17, 15) is 9.59 Å². The summed E-state index contributed by atoms with van der Waals surface area (Å²) in [5.41, 5.74) is -0.421. The molecule has 5 nitrogen and oxygen atoms in total. The fourth-order valence-corrected chi connectivity index (χ4v) is 2.96. The summed E-state index contributed by atoms with van der Waals surface area (Å²) in [7, 11) is 0. The van der Waals surface area contributed by atoms with Gasteiger partial charge in [-0.25, -0.2) is 0 Å². The monoisotopic (exact) mass is 269 g/mol. The first-order valence-corrected chi connectivity index (χ1v) is 6.89. The van der Waals surface area contributed by atoms with Crippen molar-refractivity contribution >= 4 is 11.9 Å². The molecule has 1 aliphatic carbocycles. The van der Waals surface area contributed by atoms with Gasteiger partial charge in [0.15, 0.2) is 0 Å². The van der Waals surface area contributed by atoms with Gasteiger partial charge in [0, 0.05) is 0 Å². The van der Waals surface area contributed by atoms with E-state index in [0.717, 1.165) is 32.4 Å². The van der Waals surface area contributed by atoms with Gasteiger partial charge in [-0.15, -0.1) is 0 Å². The van der Waals surface area contributed by atoms with Crippen molar-refractivity contribution in [2.24, 2.45) is 11.3 Å². The number of ether oxygens (including phenoxy) is 1. The zero-order chi connectivity index (χ0) is 14.3. The van der Waals surface area contributed by atoms with Crippen molar-refractivity contribution in [3.05, 3.63) is 0 Å². The van der Waals surface area contributed by atoms with E-state index in [1.165, 1.54) is 0 Å². The summed E-state index contributed by atoms with van der Waals surface area (Å²) in [5, 5.41) is 9.02. The molecular weight excluding hydrogens is 246 g/mol. The standard InChI is InChI=1S/C14H23NO4/c1-13(2,3)19-11(16)9-15-6-4-14(5-7-15)8-10(14)12(17)18/h10H,4-9H2,1-3H3,(H,17,18)/t10-/m1/s1. The molecule has 0 aromatic carbocycles. The Labute approximate surface area is 113 Å². The number of carboxylic acids is 1. The van der Waals surface area contributed by atoms with Crippen molar-refractivity contribution in [2.45, 2.75) is 45.6 Å². The van der Waals surface area contributed by atoms with E-state index in [0.29, 0.717) is 6.54 Å². The minimum atomic E-state index is -0.666. The molecule has 0 amide bonds. The molecular formula is C14H23NO4. The molecule has 1 spiro atoms. The molecule has 1 heterocycles. The van der Waals surface area contributed by atoms with E-state index in [1.54, 1.807) is 0 Å². The van der Waals surface area contributed by atoms with Crippen molar-refractivity contribution in [1.82, 2.24) is 4.90 Å². The van der Waals surface area contributed by atoms with Crippen LogP contribution >= 0.6 is 0 Å². The molecule has 1 aliphatic heterocycles. The third-order valence-corrected chi connectivity index (χ3v) is 4.11. The minimum Gasteiger partial charge on any atom is -0.481 e. The van der Waals surface area contributed by atoms with Gasteiger partial charge in [0.05, 0.1) is 12.5 Å². The maximum atomic E-state index is 11.7. The predicted molar refractivity (Wildman–Crippen MR) is 69.7 cm³/mol. The van der Waals surface area contributed by atoms with E-state index in [1.807, 2.05) is 20.8 Å². The van der Waals surface area contributed by atoms with Gasteiger partial charge >= 0.3 is 11.9 Å². The topological polar surface area (TPSA) is 66.8 Å². The molecule has 5 heteroatoms. The first-order chi connectivity index (χ1) is 8.72. The lowest BCUT2D eigenvalue weighted by atomic mass is 9.91. The number of hydrogen-bond donors (Lipinski definition) is 1. The number of carbonyl (C=O) groups excluding carboxylic acids is 1. The Morgan fingerprint density at radius 2 is 1.89 bits per heavy atom. The van der Waals surface area contributed by atoms with Crippen LogP contribution in [0.5, 0.6) is 0 Å². The largest absolute Gasteiger partial charge is 0.481 e. The van der Waals surface area contributed by atoms with Crippen LogP contribution in [0.25, 0.3) is 0 Å². The summed E-state index contributed by atoms with van der Waals surface area (Å²) in [6.07, 6.45) is 2.57.